The minimum absolute atomic E-state index is 0.0920. The van der Waals surface area contributed by atoms with Crippen LogP contribution in [0, 0.1) is 0 Å². The molecular weight excluding hydrogens is 233 g/mol. The normalized spacial score (nSPS) is 19.8. The molecule has 18 heavy (non-hydrogen) atoms. The molecule has 98 valence electrons. The van der Waals surface area contributed by atoms with Gasteiger partial charge in [0.05, 0.1) is 12.7 Å². The lowest BCUT2D eigenvalue weighted by atomic mass is 9.78. The lowest BCUT2D eigenvalue weighted by molar-refractivity contribution is 0.0926. The summed E-state index contributed by atoms with van der Waals surface area (Å²) in [7, 11) is 0.650. The fourth-order valence-electron chi connectivity index (χ4n) is 2.17. The van der Waals surface area contributed by atoms with Crippen molar-refractivity contribution in [3.05, 3.63) is 23.8 Å². The van der Waals surface area contributed by atoms with E-state index in [-0.39, 0.29) is 12.2 Å². The van der Waals surface area contributed by atoms with Gasteiger partial charge >= 0.3 is 7.12 Å². The van der Waals surface area contributed by atoms with Crippen molar-refractivity contribution in [1.29, 1.82) is 0 Å². The second-order valence-electron chi connectivity index (χ2n) is 4.36. The SMILES string of the molecule is COCC(C)Oc1cccc2c1B(O)OC2CN. The highest BCUT2D eigenvalue weighted by atomic mass is 16.5. The Morgan fingerprint density at radius 3 is 3.00 bits per heavy atom. The smallest absolute Gasteiger partial charge is 0.489 e. The Labute approximate surface area is 107 Å². The summed E-state index contributed by atoms with van der Waals surface area (Å²) in [4.78, 5) is 0. The maximum Gasteiger partial charge on any atom is 0.495 e. The number of benzene rings is 1. The van der Waals surface area contributed by atoms with E-state index in [0.717, 1.165) is 5.56 Å². The van der Waals surface area contributed by atoms with Crippen LogP contribution in [0.25, 0.3) is 0 Å². The molecule has 0 spiro atoms. The van der Waals surface area contributed by atoms with Gasteiger partial charge < -0.3 is 24.9 Å². The van der Waals surface area contributed by atoms with Gasteiger partial charge in [0.15, 0.2) is 0 Å². The topological polar surface area (TPSA) is 73.9 Å². The van der Waals surface area contributed by atoms with Crippen molar-refractivity contribution in [2.75, 3.05) is 20.3 Å². The van der Waals surface area contributed by atoms with Crippen molar-refractivity contribution in [1.82, 2.24) is 0 Å². The van der Waals surface area contributed by atoms with Gasteiger partial charge in [0.25, 0.3) is 0 Å². The zero-order valence-electron chi connectivity index (χ0n) is 10.6. The third-order valence-electron chi connectivity index (χ3n) is 2.93. The molecular formula is C12H18BNO4. The predicted octanol–water partition coefficient (Wildman–Crippen LogP) is -0.182. The summed E-state index contributed by atoms with van der Waals surface area (Å²) in [5.74, 6) is 0.625. The Bertz CT molecular complexity index is 415. The third kappa shape index (κ3) is 2.51. The van der Waals surface area contributed by atoms with E-state index in [1.807, 2.05) is 25.1 Å². The maximum atomic E-state index is 9.92. The van der Waals surface area contributed by atoms with Gasteiger partial charge in [0, 0.05) is 19.1 Å². The summed E-state index contributed by atoms with van der Waals surface area (Å²) >= 11 is 0. The van der Waals surface area contributed by atoms with Crippen LogP contribution >= 0.6 is 0 Å². The van der Waals surface area contributed by atoms with Crippen LogP contribution in [0.2, 0.25) is 0 Å². The van der Waals surface area contributed by atoms with Gasteiger partial charge in [-0.1, -0.05) is 12.1 Å². The molecule has 0 aliphatic carbocycles. The van der Waals surface area contributed by atoms with Gasteiger partial charge in [-0.25, -0.2) is 0 Å². The van der Waals surface area contributed by atoms with E-state index < -0.39 is 7.12 Å². The van der Waals surface area contributed by atoms with Gasteiger partial charge in [-0.2, -0.15) is 0 Å². The van der Waals surface area contributed by atoms with Crippen molar-refractivity contribution in [3.63, 3.8) is 0 Å². The van der Waals surface area contributed by atoms with Crippen LogP contribution in [0.5, 0.6) is 5.75 Å². The minimum atomic E-state index is -0.973. The summed E-state index contributed by atoms with van der Waals surface area (Å²) in [5, 5.41) is 9.92. The number of rotatable bonds is 5. The number of fused-ring (bicyclic) bond motifs is 1. The van der Waals surface area contributed by atoms with Gasteiger partial charge in [-0.3, -0.25) is 0 Å². The fourth-order valence-corrected chi connectivity index (χ4v) is 2.17. The van der Waals surface area contributed by atoms with Crippen LogP contribution in [0.1, 0.15) is 18.6 Å². The Morgan fingerprint density at radius 1 is 1.56 bits per heavy atom. The molecule has 0 bridgehead atoms. The highest BCUT2D eigenvalue weighted by molar-refractivity contribution is 6.62. The van der Waals surface area contributed by atoms with Gasteiger partial charge in [0.2, 0.25) is 0 Å². The van der Waals surface area contributed by atoms with Gasteiger partial charge in [0.1, 0.15) is 11.9 Å². The predicted molar refractivity (Wildman–Crippen MR) is 68.9 cm³/mol. The second kappa shape index (κ2) is 5.71. The first-order chi connectivity index (χ1) is 8.67. The molecule has 0 radical (unpaired) electrons. The molecule has 5 nitrogen and oxygen atoms in total. The standard InChI is InChI=1S/C12H18BNO4/c1-8(7-16-2)17-10-5-3-4-9-11(6-14)18-13(15)12(9)10/h3-5,8,11,15H,6-7,14H2,1-2H3. The number of ether oxygens (including phenoxy) is 2. The zero-order chi connectivity index (χ0) is 13.1. The maximum absolute atomic E-state index is 9.92. The molecule has 1 heterocycles. The van der Waals surface area contributed by atoms with Crippen LogP contribution in [0.15, 0.2) is 18.2 Å². The highest BCUT2D eigenvalue weighted by Crippen LogP contribution is 2.27. The third-order valence-corrected chi connectivity index (χ3v) is 2.93. The monoisotopic (exact) mass is 251 g/mol. The highest BCUT2D eigenvalue weighted by Gasteiger charge is 2.37. The molecule has 1 aromatic carbocycles. The first kappa shape index (κ1) is 13.4. The van der Waals surface area contributed by atoms with E-state index in [1.54, 1.807) is 7.11 Å². The molecule has 1 aliphatic rings. The van der Waals surface area contributed by atoms with Gasteiger partial charge in [-0.15, -0.1) is 0 Å². The molecule has 0 saturated carbocycles. The number of hydrogen-bond donors (Lipinski definition) is 2. The Hall–Kier alpha value is -1.08. The summed E-state index contributed by atoms with van der Waals surface area (Å²) in [5.41, 5.74) is 7.19. The van der Waals surface area contributed by atoms with E-state index in [1.165, 1.54) is 0 Å². The lowest BCUT2D eigenvalue weighted by Crippen LogP contribution is -2.32. The number of methoxy groups -OCH3 is 1. The number of hydrogen-bond acceptors (Lipinski definition) is 5. The lowest BCUT2D eigenvalue weighted by Gasteiger charge is -2.16. The number of nitrogens with two attached hydrogens (primary N) is 1. The summed E-state index contributed by atoms with van der Waals surface area (Å²) < 4.78 is 16.2. The molecule has 0 saturated heterocycles. The average Bonchev–Trinajstić information content (AvgIpc) is 2.67. The van der Waals surface area contributed by atoms with Gasteiger partial charge in [-0.05, 0) is 18.6 Å². The molecule has 3 N–H and O–H groups in total. The van der Waals surface area contributed by atoms with Crippen molar-refractivity contribution >= 4 is 12.6 Å². The molecule has 0 aromatic heterocycles. The second-order valence-corrected chi connectivity index (χ2v) is 4.36. The van der Waals surface area contributed by atoms with Crippen LogP contribution in [0.4, 0.5) is 0 Å². The van der Waals surface area contributed by atoms with E-state index in [9.17, 15) is 5.02 Å². The average molecular weight is 251 g/mol. The zero-order valence-corrected chi connectivity index (χ0v) is 10.6. The van der Waals surface area contributed by atoms with Crippen LogP contribution in [-0.2, 0) is 9.39 Å². The van der Waals surface area contributed by atoms with Crippen molar-refractivity contribution in [2.45, 2.75) is 19.1 Å². The Kier molecular flexibility index (Phi) is 4.24. The first-order valence-electron chi connectivity index (χ1n) is 5.99. The van der Waals surface area contributed by atoms with Crippen LogP contribution in [0.3, 0.4) is 0 Å². The molecule has 0 fully saturated rings. The van der Waals surface area contributed by atoms with Crippen LogP contribution < -0.4 is 15.9 Å². The molecule has 1 aliphatic heterocycles. The van der Waals surface area contributed by atoms with E-state index in [4.69, 9.17) is 19.9 Å². The quantitative estimate of drug-likeness (QED) is 0.710. The first-order valence-corrected chi connectivity index (χ1v) is 5.99. The van der Waals surface area contributed by atoms with Crippen molar-refractivity contribution < 1.29 is 19.2 Å². The summed E-state index contributed by atoms with van der Waals surface area (Å²) in [6.45, 7) is 2.73. The summed E-state index contributed by atoms with van der Waals surface area (Å²) in [6, 6.07) is 5.59. The summed E-state index contributed by atoms with van der Waals surface area (Å²) in [6.07, 6.45) is -0.359. The minimum Gasteiger partial charge on any atom is -0.489 e. The molecule has 2 rings (SSSR count). The fraction of sp³-hybridized carbons (Fsp3) is 0.500. The molecule has 1 aromatic rings. The molecule has 2 unspecified atom stereocenters. The van der Waals surface area contributed by atoms with Crippen LogP contribution in [-0.4, -0.2) is 38.5 Å². The molecule has 2 atom stereocenters. The van der Waals surface area contributed by atoms with E-state index >= 15 is 0 Å². The molecule has 6 heteroatoms. The Balaban J connectivity index is 2.25. The van der Waals surface area contributed by atoms with Crippen molar-refractivity contribution in [3.8, 4) is 5.75 Å². The van der Waals surface area contributed by atoms with E-state index in [0.29, 0.717) is 24.4 Å². The Morgan fingerprint density at radius 2 is 2.33 bits per heavy atom. The van der Waals surface area contributed by atoms with Crippen molar-refractivity contribution in [2.24, 2.45) is 5.73 Å². The largest absolute Gasteiger partial charge is 0.495 e. The van der Waals surface area contributed by atoms with E-state index in [2.05, 4.69) is 0 Å². The molecule has 0 amide bonds.